The molecule has 7 heteroatoms. The van der Waals surface area contributed by atoms with Gasteiger partial charge in [-0.15, -0.1) is 0 Å². The van der Waals surface area contributed by atoms with Crippen molar-refractivity contribution >= 4 is 5.95 Å². The Labute approximate surface area is 138 Å². The molecule has 122 valence electrons. The minimum Gasteiger partial charge on any atom is -0.421 e. The van der Waals surface area contributed by atoms with Gasteiger partial charge in [0.25, 0.3) is 0 Å². The van der Waals surface area contributed by atoms with Gasteiger partial charge in [-0.1, -0.05) is 25.5 Å². The predicted molar refractivity (Wildman–Crippen MR) is 87.9 cm³/mol. The topological polar surface area (TPSA) is 86.8 Å². The van der Waals surface area contributed by atoms with E-state index in [2.05, 4.69) is 19.9 Å². The lowest BCUT2D eigenvalue weighted by atomic mass is 10.0. The van der Waals surface area contributed by atoms with Gasteiger partial charge in [0, 0.05) is 35.9 Å². The van der Waals surface area contributed by atoms with Gasteiger partial charge in [-0.3, -0.25) is 0 Å². The minimum atomic E-state index is -0.498. The lowest BCUT2D eigenvalue weighted by molar-refractivity contribution is 0.406. The standard InChI is InChI=1S/C17H16FN5O/c1-2-4-11-5-6-13(12-9-22-16(19)23-10-12)14(18)15(11)24-17-20-7-3-8-21-17/h3,5-10H,2,4H2,1H3,(H2,19,22,23). The molecule has 0 aliphatic rings. The molecule has 2 N–H and O–H groups in total. The summed E-state index contributed by atoms with van der Waals surface area (Å²) in [7, 11) is 0. The van der Waals surface area contributed by atoms with Crippen LogP contribution in [0.25, 0.3) is 11.1 Å². The monoisotopic (exact) mass is 325 g/mol. The maximum absolute atomic E-state index is 15.1. The third-order valence-corrected chi connectivity index (χ3v) is 3.42. The normalized spacial score (nSPS) is 10.6. The Morgan fingerprint density at radius 2 is 1.79 bits per heavy atom. The van der Waals surface area contributed by atoms with Gasteiger partial charge >= 0.3 is 6.01 Å². The zero-order valence-corrected chi connectivity index (χ0v) is 13.1. The summed E-state index contributed by atoms with van der Waals surface area (Å²) in [4.78, 5) is 15.8. The Kier molecular flexibility index (Phi) is 4.60. The van der Waals surface area contributed by atoms with Gasteiger partial charge in [-0.25, -0.2) is 24.3 Å². The number of aromatic nitrogens is 4. The maximum atomic E-state index is 15.1. The Bertz CT molecular complexity index is 824. The first-order valence-corrected chi connectivity index (χ1v) is 7.53. The van der Waals surface area contributed by atoms with E-state index in [-0.39, 0.29) is 17.7 Å². The average molecular weight is 325 g/mol. The second-order valence-electron chi connectivity index (χ2n) is 5.13. The summed E-state index contributed by atoms with van der Waals surface area (Å²) in [5.74, 6) is -0.241. The summed E-state index contributed by atoms with van der Waals surface area (Å²) >= 11 is 0. The first-order chi connectivity index (χ1) is 11.7. The maximum Gasteiger partial charge on any atom is 0.321 e. The summed E-state index contributed by atoms with van der Waals surface area (Å²) in [6, 6.07) is 5.28. The lowest BCUT2D eigenvalue weighted by Crippen LogP contribution is -2.01. The number of nitrogens with two attached hydrogens (primary N) is 1. The lowest BCUT2D eigenvalue weighted by Gasteiger charge is -2.13. The summed E-state index contributed by atoms with van der Waals surface area (Å²) in [6.45, 7) is 2.02. The number of benzene rings is 1. The van der Waals surface area contributed by atoms with Gasteiger partial charge in [0.1, 0.15) is 0 Å². The van der Waals surface area contributed by atoms with Crippen molar-refractivity contribution in [2.75, 3.05) is 5.73 Å². The molecule has 0 spiro atoms. The van der Waals surface area contributed by atoms with Crippen LogP contribution in [0.15, 0.2) is 43.0 Å². The third-order valence-electron chi connectivity index (χ3n) is 3.42. The van der Waals surface area contributed by atoms with E-state index in [1.807, 2.05) is 13.0 Å². The molecule has 0 fully saturated rings. The minimum absolute atomic E-state index is 0.0967. The second kappa shape index (κ2) is 6.99. The number of aryl methyl sites for hydroxylation is 1. The van der Waals surface area contributed by atoms with E-state index in [1.54, 1.807) is 12.1 Å². The highest BCUT2D eigenvalue weighted by Gasteiger charge is 2.18. The van der Waals surface area contributed by atoms with Crippen LogP contribution in [-0.4, -0.2) is 19.9 Å². The summed E-state index contributed by atoms with van der Waals surface area (Å²) in [6.07, 6.45) is 7.56. The third kappa shape index (κ3) is 3.29. The fourth-order valence-corrected chi connectivity index (χ4v) is 2.30. The van der Waals surface area contributed by atoms with Crippen molar-refractivity contribution in [1.29, 1.82) is 0 Å². The summed E-state index contributed by atoms with van der Waals surface area (Å²) in [5.41, 5.74) is 7.08. The van der Waals surface area contributed by atoms with E-state index < -0.39 is 5.82 Å². The molecule has 0 saturated heterocycles. The molecule has 0 aliphatic carbocycles. The zero-order valence-electron chi connectivity index (χ0n) is 13.1. The highest BCUT2D eigenvalue weighted by atomic mass is 19.1. The van der Waals surface area contributed by atoms with E-state index in [1.165, 1.54) is 24.8 Å². The molecule has 2 heterocycles. The van der Waals surface area contributed by atoms with Crippen LogP contribution in [0.3, 0.4) is 0 Å². The molecule has 2 aromatic heterocycles. The molecule has 24 heavy (non-hydrogen) atoms. The van der Waals surface area contributed by atoms with Crippen LogP contribution in [0.5, 0.6) is 11.8 Å². The molecule has 0 radical (unpaired) electrons. The molecule has 0 bridgehead atoms. The number of anilines is 1. The van der Waals surface area contributed by atoms with Crippen LogP contribution in [0.2, 0.25) is 0 Å². The zero-order chi connectivity index (χ0) is 16.9. The number of nitrogen functional groups attached to an aromatic ring is 1. The van der Waals surface area contributed by atoms with Gasteiger partial charge in [0.05, 0.1) is 0 Å². The quantitative estimate of drug-likeness (QED) is 0.773. The predicted octanol–water partition coefficient (Wildman–Crippen LogP) is 3.40. The van der Waals surface area contributed by atoms with E-state index in [9.17, 15) is 0 Å². The first kappa shape index (κ1) is 15.8. The van der Waals surface area contributed by atoms with E-state index in [0.29, 0.717) is 17.5 Å². The van der Waals surface area contributed by atoms with Crippen molar-refractivity contribution in [3.63, 3.8) is 0 Å². The molecule has 3 aromatic rings. The van der Waals surface area contributed by atoms with Crippen molar-refractivity contribution in [3.8, 4) is 22.9 Å². The largest absolute Gasteiger partial charge is 0.421 e. The average Bonchev–Trinajstić information content (AvgIpc) is 2.60. The van der Waals surface area contributed by atoms with Crippen molar-refractivity contribution in [2.24, 2.45) is 0 Å². The summed E-state index contributed by atoms with van der Waals surface area (Å²) < 4.78 is 20.7. The number of rotatable bonds is 5. The van der Waals surface area contributed by atoms with E-state index in [0.717, 1.165) is 12.0 Å². The van der Waals surface area contributed by atoms with Crippen molar-refractivity contribution in [3.05, 3.63) is 54.4 Å². The summed E-state index contributed by atoms with van der Waals surface area (Å²) in [5, 5.41) is 0. The van der Waals surface area contributed by atoms with Crippen LogP contribution in [-0.2, 0) is 6.42 Å². The fourth-order valence-electron chi connectivity index (χ4n) is 2.30. The van der Waals surface area contributed by atoms with E-state index in [4.69, 9.17) is 10.5 Å². The highest BCUT2D eigenvalue weighted by Crippen LogP contribution is 2.34. The number of nitrogens with zero attached hydrogens (tertiary/aromatic N) is 4. The highest BCUT2D eigenvalue weighted by molar-refractivity contribution is 5.66. The second-order valence-corrected chi connectivity index (χ2v) is 5.13. The van der Waals surface area contributed by atoms with Gasteiger partial charge in [-0.05, 0) is 18.1 Å². The van der Waals surface area contributed by atoms with Crippen molar-refractivity contribution in [1.82, 2.24) is 19.9 Å². The molecule has 3 rings (SSSR count). The molecule has 6 nitrogen and oxygen atoms in total. The molecule has 0 saturated carbocycles. The Morgan fingerprint density at radius 1 is 1.08 bits per heavy atom. The Balaban J connectivity index is 2.06. The van der Waals surface area contributed by atoms with Gasteiger partial charge < -0.3 is 10.5 Å². The molecule has 0 aliphatic heterocycles. The Hall–Kier alpha value is -3.09. The van der Waals surface area contributed by atoms with Gasteiger partial charge in [0.15, 0.2) is 11.6 Å². The number of halogens is 1. The van der Waals surface area contributed by atoms with Crippen molar-refractivity contribution in [2.45, 2.75) is 19.8 Å². The Morgan fingerprint density at radius 3 is 2.46 bits per heavy atom. The van der Waals surface area contributed by atoms with Crippen LogP contribution in [0.1, 0.15) is 18.9 Å². The van der Waals surface area contributed by atoms with Gasteiger partial charge in [0.2, 0.25) is 5.95 Å². The van der Waals surface area contributed by atoms with Crippen LogP contribution in [0.4, 0.5) is 10.3 Å². The molecule has 0 atom stereocenters. The number of ether oxygens (including phenoxy) is 1. The molecular weight excluding hydrogens is 309 g/mol. The molecule has 1 aromatic carbocycles. The molecule has 0 amide bonds. The van der Waals surface area contributed by atoms with Crippen molar-refractivity contribution < 1.29 is 9.13 Å². The van der Waals surface area contributed by atoms with E-state index >= 15 is 4.39 Å². The number of hydrogen-bond donors (Lipinski definition) is 1. The van der Waals surface area contributed by atoms with Crippen LogP contribution in [0, 0.1) is 5.82 Å². The van der Waals surface area contributed by atoms with Crippen LogP contribution < -0.4 is 10.5 Å². The molecule has 0 unspecified atom stereocenters. The van der Waals surface area contributed by atoms with Crippen LogP contribution >= 0.6 is 0 Å². The number of hydrogen-bond acceptors (Lipinski definition) is 6. The molecular formula is C17H16FN5O. The smallest absolute Gasteiger partial charge is 0.321 e. The SMILES string of the molecule is CCCc1ccc(-c2cnc(N)nc2)c(F)c1Oc1ncccn1. The first-order valence-electron chi connectivity index (χ1n) is 7.53. The van der Waals surface area contributed by atoms with Gasteiger partial charge in [-0.2, -0.15) is 0 Å². The fraction of sp³-hybridized carbons (Fsp3) is 0.176.